The summed E-state index contributed by atoms with van der Waals surface area (Å²) in [7, 11) is 1.97. The van der Waals surface area contributed by atoms with Crippen LogP contribution in [0.2, 0.25) is 0 Å². The van der Waals surface area contributed by atoms with E-state index < -0.39 is 0 Å². The van der Waals surface area contributed by atoms with Gasteiger partial charge in [0.2, 0.25) is 0 Å². The molecule has 0 atom stereocenters. The second-order valence-corrected chi connectivity index (χ2v) is 6.60. The summed E-state index contributed by atoms with van der Waals surface area (Å²) in [6, 6.07) is 0. The Morgan fingerprint density at radius 3 is 2.57 bits per heavy atom. The van der Waals surface area contributed by atoms with Gasteiger partial charge in [0, 0.05) is 19.9 Å². The van der Waals surface area contributed by atoms with Crippen LogP contribution >= 0.6 is 15.9 Å². The van der Waals surface area contributed by atoms with Crippen LogP contribution in [0.25, 0.3) is 0 Å². The van der Waals surface area contributed by atoms with Gasteiger partial charge in [-0.3, -0.25) is 4.68 Å². The lowest BCUT2D eigenvalue weighted by Crippen LogP contribution is -2.37. The molecule has 3 rings (SSSR count). The van der Waals surface area contributed by atoms with Crippen molar-refractivity contribution in [2.75, 3.05) is 13.2 Å². The van der Waals surface area contributed by atoms with Crippen molar-refractivity contribution in [1.82, 2.24) is 9.78 Å². The summed E-state index contributed by atoms with van der Waals surface area (Å²) in [6.45, 7) is 4.17. The van der Waals surface area contributed by atoms with E-state index in [1.165, 1.54) is 0 Å². The molecule has 21 heavy (non-hydrogen) atoms. The van der Waals surface area contributed by atoms with Gasteiger partial charge in [0.15, 0.2) is 5.79 Å². The van der Waals surface area contributed by atoms with Gasteiger partial charge in [-0.2, -0.15) is 5.10 Å². The minimum Gasteiger partial charge on any atom is -0.372 e. The molecule has 1 aromatic heterocycles. The standard InChI is InChI=1S/C15H23BrN2O3/c1-3-12-14(16)13(18(2)17-12)10-19-11-4-6-15(7-5-11)20-8-9-21-15/h11H,3-10H2,1-2H3. The van der Waals surface area contributed by atoms with Crippen molar-refractivity contribution >= 4 is 15.9 Å². The number of aryl methyl sites for hydroxylation is 2. The summed E-state index contributed by atoms with van der Waals surface area (Å²) >= 11 is 3.63. The van der Waals surface area contributed by atoms with E-state index in [2.05, 4.69) is 28.0 Å². The lowest BCUT2D eigenvalue weighted by molar-refractivity contribution is -0.192. The van der Waals surface area contributed by atoms with Crippen molar-refractivity contribution in [1.29, 1.82) is 0 Å². The zero-order valence-corrected chi connectivity index (χ0v) is 14.3. The Morgan fingerprint density at radius 1 is 1.33 bits per heavy atom. The second kappa shape index (κ2) is 6.36. The third-order valence-electron chi connectivity index (χ3n) is 4.47. The molecule has 1 aromatic rings. The van der Waals surface area contributed by atoms with Gasteiger partial charge in [-0.15, -0.1) is 0 Å². The number of hydrogen-bond donors (Lipinski definition) is 0. The van der Waals surface area contributed by atoms with E-state index in [1.807, 2.05) is 11.7 Å². The van der Waals surface area contributed by atoms with Crippen molar-refractivity contribution in [3.63, 3.8) is 0 Å². The van der Waals surface area contributed by atoms with Crippen molar-refractivity contribution in [3.8, 4) is 0 Å². The van der Waals surface area contributed by atoms with Gasteiger partial charge in [-0.05, 0) is 35.2 Å². The fourth-order valence-electron chi connectivity index (χ4n) is 3.16. The average molecular weight is 359 g/mol. The number of ether oxygens (including phenoxy) is 3. The number of rotatable bonds is 4. The van der Waals surface area contributed by atoms with E-state index in [9.17, 15) is 0 Å². The Bertz CT molecular complexity index is 487. The molecule has 6 heteroatoms. The van der Waals surface area contributed by atoms with E-state index >= 15 is 0 Å². The highest BCUT2D eigenvalue weighted by molar-refractivity contribution is 9.10. The summed E-state index contributed by atoms with van der Waals surface area (Å²) in [5.74, 6) is -0.303. The van der Waals surface area contributed by atoms with Crippen molar-refractivity contribution in [3.05, 3.63) is 15.9 Å². The van der Waals surface area contributed by atoms with E-state index in [-0.39, 0.29) is 11.9 Å². The molecule has 0 radical (unpaired) electrons. The van der Waals surface area contributed by atoms with Gasteiger partial charge in [-0.25, -0.2) is 0 Å². The van der Waals surface area contributed by atoms with E-state index in [1.54, 1.807) is 0 Å². The quantitative estimate of drug-likeness (QED) is 0.829. The molecule has 2 fully saturated rings. The van der Waals surface area contributed by atoms with Crippen molar-refractivity contribution in [2.45, 2.75) is 57.5 Å². The van der Waals surface area contributed by atoms with Crippen LogP contribution in [0, 0.1) is 0 Å². The predicted molar refractivity (Wildman–Crippen MR) is 82.0 cm³/mol. The number of hydrogen-bond acceptors (Lipinski definition) is 4. The Morgan fingerprint density at radius 2 is 2.00 bits per heavy atom. The molecule has 1 aliphatic carbocycles. The molecular weight excluding hydrogens is 336 g/mol. The zero-order valence-electron chi connectivity index (χ0n) is 12.7. The molecule has 2 heterocycles. The molecule has 2 aliphatic rings. The number of halogens is 1. The van der Waals surface area contributed by atoms with Crippen LogP contribution in [0.3, 0.4) is 0 Å². The fourth-order valence-corrected chi connectivity index (χ4v) is 3.89. The summed E-state index contributed by atoms with van der Waals surface area (Å²) in [5.41, 5.74) is 2.20. The second-order valence-electron chi connectivity index (χ2n) is 5.80. The Balaban J connectivity index is 1.53. The fraction of sp³-hybridized carbons (Fsp3) is 0.800. The van der Waals surface area contributed by atoms with Gasteiger partial charge < -0.3 is 14.2 Å². The normalized spacial score (nSPS) is 22.2. The molecule has 1 saturated heterocycles. The topological polar surface area (TPSA) is 45.5 Å². The average Bonchev–Trinajstić information content (AvgIpc) is 3.05. The molecule has 118 valence electrons. The summed E-state index contributed by atoms with van der Waals surface area (Å²) < 4.78 is 20.6. The van der Waals surface area contributed by atoms with Crippen molar-refractivity contribution in [2.24, 2.45) is 7.05 Å². The van der Waals surface area contributed by atoms with Crippen LogP contribution in [0.15, 0.2) is 4.47 Å². The van der Waals surface area contributed by atoms with Crippen LogP contribution in [-0.2, 0) is 34.3 Å². The first-order valence-corrected chi connectivity index (χ1v) is 8.52. The smallest absolute Gasteiger partial charge is 0.168 e. The maximum Gasteiger partial charge on any atom is 0.168 e. The molecule has 0 N–H and O–H groups in total. The molecule has 1 saturated carbocycles. The Hall–Kier alpha value is -0.430. The molecule has 0 unspecified atom stereocenters. The van der Waals surface area contributed by atoms with Gasteiger partial charge in [-0.1, -0.05) is 6.92 Å². The summed E-state index contributed by atoms with van der Waals surface area (Å²) in [5, 5.41) is 4.50. The minimum atomic E-state index is -0.303. The molecule has 1 aliphatic heterocycles. The van der Waals surface area contributed by atoms with E-state index in [0.29, 0.717) is 6.61 Å². The Labute approximate surface area is 134 Å². The van der Waals surface area contributed by atoms with Gasteiger partial charge >= 0.3 is 0 Å². The molecular formula is C15H23BrN2O3. The zero-order chi connectivity index (χ0) is 14.9. The van der Waals surface area contributed by atoms with Crippen LogP contribution in [0.5, 0.6) is 0 Å². The molecule has 0 bridgehead atoms. The van der Waals surface area contributed by atoms with Crippen molar-refractivity contribution < 1.29 is 14.2 Å². The Kier molecular flexibility index (Phi) is 4.69. The minimum absolute atomic E-state index is 0.287. The van der Waals surface area contributed by atoms with Gasteiger partial charge in [0.1, 0.15) is 0 Å². The SMILES string of the molecule is CCc1nn(C)c(COC2CCC3(CC2)OCCO3)c1Br. The highest BCUT2D eigenvalue weighted by atomic mass is 79.9. The largest absolute Gasteiger partial charge is 0.372 e. The van der Waals surface area contributed by atoms with Crippen LogP contribution in [0.4, 0.5) is 0 Å². The first kappa shape index (κ1) is 15.5. The maximum absolute atomic E-state index is 6.09. The van der Waals surface area contributed by atoms with Crippen LogP contribution in [0.1, 0.15) is 44.0 Å². The highest BCUT2D eigenvalue weighted by Crippen LogP contribution is 2.37. The molecule has 1 spiro atoms. The lowest BCUT2D eigenvalue weighted by atomic mass is 9.92. The summed E-state index contributed by atoms with van der Waals surface area (Å²) in [6.07, 6.45) is 5.08. The predicted octanol–water partition coefficient (Wildman–Crippen LogP) is 2.95. The molecule has 5 nitrogen and oxygen atoms in total. The number of nitrogens with zero attached hydrogens (tertiary/aromatic N) is 2. The van der Waals surface area contributed by atoms with E-state index in [4.69, 9.17) is 14.2 Å². The van der Waals surface area contributed by atoms with Gasteiger partial charge in [0.25, 0.3) is 0 Å². The monoisotopic (exact) mass is 358 g/mol. The van der Waals surface area contributed by atoms with Crippen LogP contribution < -0.4 is 0 Å². The lowest BCUT2D eigenvalue weighted by Gasteiger charge is -2.35. The molecule has 0 aromatic carbocycles. The summed E-state index contributed by atoms with van der Waals surface area (Å²) in [4.78, 5) is 0. The molecule has 0 amide bonds. The highest BCUT2D eigenvalue weighted by Gasteiger charge is 2.40. The first-order chi connectivity index (χ1) is 10.1. The third kappa shape index (κ3) is 3.18. The van der Waals surface area contributed by atoms with E-state index in [0.717, 1.165) is 61.2 Å². The maximum atomic E-state index is 6.09. The van der Waals surface area contributed by atoms with Gasteiger partial charge in [0.05, 0.1) is 41.8 Å². The van der Waals surface area contributed by atoms with Crippen LogP contribution in [-0.4, -0.2) is 34.9 Å². The third-order valence-corrected chi connectivity index (χ3v) is 5.38. The first-order valence-electron chi connectivity index (χ1n) is 7.73. The number of aromatic nitrogens is 2.